The van der Waals surface area contributed by atoms with E-state index in [0.29, 0.717) is 0 Å². The third-order valence-corrected chi connectivity index (χ3v) is 3.40. The van der Waals surface area contributed by atoms with Crippen molar-refractivity contribution in [2.75, 3.05) is 5.73 Å². The highest BCUT2D eigenvalue weighted by atomic mass is 32.1. The molecule has 0 bridgehead atoms. The van der Waals surface area contributed by atoms with Gasteiger partial charge in [0.1, 0.15) is 11.3 Å². The Morgan fingerprint density at radius 1 is 1.18 bits per heavy atom. The third-order valence-electron chi connectivity index (χ3n) is 2.51. The number of hydrogen-bond donors (Lipinski definition) is 1. The van der Waals surface area contributed by atoms with Crippen LogP contribution in [0.25, 0.3) is 21.8 Å². The molecule has 2 N–H and O–H groups in total. The van der Waals surface area contributed by atoms with Gasteiger partial charge in [-0.3, -0.25) is 0 Å². The average molecular weight is 242 g/mol. The van der Waals surface area contributed by atoms with E-state index >= 15 is 0 Å². The summed E-state index contributed by atoms with van der Waals surface area (Å²) in [4.78, 5) is 4.56. The fraction of sp³-hybridized carbons (Fsp3) is 0. The van der Waals surface area contributed by atoms with Gasteiger partial charge in [-0.05, 0) is 12.1 Å². The Kier molecular flexibility index (Phi) is 2.42. The summed E-state index contributed by atoms with van der Waals surface area (Å²) in [6.07, 6.45) is 3.34. The van der Waals surface area contributed by atoms with E-state index in [-0.39, 0.29) is 0 Å². The SMILES string of the molecule is Nc1ccccc1-c1csc(-c2ccoc2)n1. The van der Waals surface area contributed by atoms with Gasteiger partial charge in [0, 0.05) is 22.2 Å². The standard InChI is InChI=1S/C13H10N2OS/c14-11-4-2-1-3-10(11)12-8-17-13(15-12)9-5-6-16-7-9/h1-8H,14H2. The van der Waals surface area contributed by atoms with Crippen LogP contribution in [0.15, 0.2) is 52.7 Å². The summed E-state index contributed by atoms with van der Waals surface area (Å²) in [5.74, 6) is 0. The van der Waals surface area contributed by atoms with E-state index in [1.165, 1.54) is 0 Å². The quantitative estimate of drug-likeness (QED) is 0.698. The number of para-hydroxylation sites is 1. The number of aromatic nitrogens is 1. The molecule has 0 fully saturated rings. The predicted molar refractivity (Wildman–Crippen MR) is 69.7 cm³/mol. The molecule has 84 valence electrons. The summed E-state index contributed by atoms with van der Waals surface area (Å²) in [5.41, 5.74) is 9.55. The smallest absolute Gasteiger partial charge is 0.127 e. The summed E-state index contributed by atoms with van der Waals surface area (Å²) in [6.45, 7) is 0. The van der Waals surface area contributed by atoms with Gasteiger partial charge in [0.05, 0.1) is 12.0 Å². The van der Waals surface area contributed by atoms with Crippen molar-refractivity contribution in [3.8, 4) is 21.8 Å². The first-order valence-corrected chi connectivity index (χ1v) is 6.05. The molecule has 0 unspecified atom stereocenters. The van der Waals surface area contributed by atoms with Gasteiger partial charge in [-0.2, -0.15) is 0 Å². The molecule has 2 aromatic heterocycles. The zero-order chi connectivity index (χ0) is 11.7. The molecule has 0 radical (unpaired) electrons. The van der Waals surface area contributed by atoms with E-state index in [0.717, 1.165) is 27.5 Å². The highest BCUT2D eigenvalue weighted by molar-refractivity contribution is 7.13. The van der Waals surface area contributed by atoms with Crippen LogP contribution in [0, 0.1) is 0 Å². The summed E-state index contributed by atoms with van der Waals surface area (Å²) in [5, 5.41) is 2.95. The molecule has 3 rings (SSSR count). The lowest BCUT2D eigenvalue weighted by atomic mass is 10.1. The fourth-order valence-corrected chi connectivity index (χ4v) is 2.45. The van der Waals surface area contributed by atoms with Gasteiger partial charge in [0.2, 0.25) is 0 Å². The van der Waals surface area contributed by atoms with Crippen LogP contribution in [0.1, 0.15) is 0 Å². The summed E-state index contributed by atoms with van der Waals surface area (Å²) in [7, 11) is 0. The van der Waals surface area contributed by atoms with Crippen LogP contribution in [0.5, 0.6) is 0 Å². The van der Waals surface area contributed by atoms with E-state index in [9.17, 15) is 0 Å². The Bertz CT molecular complexity index is 628. The first-order valence-electron chi connectivity index (χ1n) is 5.17. The number of furan rings is 1. The minimum absolute atomic E-state index is 0.747. The van der Waals surface area contributed by atoms with E-state index in [1.54, 1.807) is 23.9 Å². The zero-order valence-electron chi connectivity index (χ0n) is 8.96. The Labute approximate surface area is 103 Å². The summed E-state index contributed by atoms with van der Waals surface area (Å²) >= 11 is 1.58. The number of hydrogen-bond acceptors (Lipinski definition) is 4. The van der Waals surface area contributed by atoms with E-state index in [2.05, 4.69) is 4.98 Å². The molecule has 0 saturated heterocycles. The average Bonchev–Trinajstić information content (AvgIpc) is 3.00. The van der Waals surface area contributed by atoms with Crippen molar-refractivity contribution in [1.29, 1.82) is 0 Å². The molecule has 0 atom stereocenters. The van der Waals surface area contributed by atoms with Crippen molar-refractivity contribution in [3.05, 3.63) is 48.2 Å². The first kappa shape index (κ1) is 10.1. The lowest BCUT2D eigenvalue weighted by molar-refractivity contribution is 0.568. The van der Waals surface area contributed by atoms with Crippen molar-refractivity contribution < 1.29 is 4.42 Å². The zero-order valence-corrected chi connectivity index (χ0v) is 9.78. The molecule has 0 spiro atoms. The largest absolute Gasteiger partial charge is 0.472 e. The lowest BCUT2D eigenvalue weighted by Crippen LogP contribution is -1.89. The molecule has 0 aliphatic rings. The molecule has 3 aromatic rings. The van der Waals surface area contributed by atoms with Gasteiger partial charge in [0.25, 0.3) is 0 Å². The van der Waals surface area contributed by atoms with Crippen molar-refractivity contribution in [2.24, 2.45) is 0 Å². The Balaban J connectivity index is 2.04. The number of nitrogen functional groups attached to an aromatic ring is 1. The molecule has 0 saturated carbocycles. The molecular formula is C13H10N2OS. The minimum Gasteiger partial charge on any atom is -0.472 e. The van der Waals surface area contributed by atoms with Crippen LogP contribution < -0.4 is 5.73 Å². The predicted octanol–water partition coefficient (Wildman–Crippen LogP) is 3.65. The van der Waals surface area contributed by atoms with Gasteiger partial charge in [-0.15, -0.1) is 11.3 Å². The van der Waals surface area contributed by atoms with E-state index in [4.69, 9.17) is 10.2 Å². The molecule has 0 aliphatic heterocycles. The number of anilines is 1. The number of nitrogens with zero attached hydrogens (tertiary/aromatic N) is 1. The molecule has 1 aromatic carbocycles. The maximum Gasteiger partial charge on any atom is 0.127 e. The molecule has 2 heterocycles. The highest BCUT2D eigenvalue weighted by Gasteiger charge is 2.09. The summed E-state index contributed by atoms with van der Waals surface area (Å²) < 4.78 is 5.05. The van der Waals surface area contributed by atoms with Crippen molar-refractivity contribution in [2.45, 2.75) is 0 Å². The molecule has 4 heteroatoms. The topological polar surface area (TPSA) is 52.0 Å². The maximum atomic E-state index is 5.93. The van der Waals surface area contributed by atoms with Gasteiger partial charge in [-0.25, -0.2) is 4.98 Å². The van der Waals surface area contributed by atoms with Crippen LogP contribution in [-0.4, -0.2) is 4.98 Å². The minimum atomic E-state index is 0.747. The van der Waals surface area contributed by atoms with E-state index in [1.807, 2.05) is 35.7 Å². The van der Waals surface area contributed by atoms with Crippen LogP contribution in [-0.2, 0) is 0 Å². The Hall–Kier alpha value is -2.07. The van der Waals surface area contributed by atoms with Gasteiger partial charge in [0.15, 0.2) is 0 Å². The van der Waals surface area contributed by atoms with Crippen LogP contribution in [0.3, 0.4) is 0 Å². The van der Waals surface area contributed by atoms with Crippen LogP contribution >= 0.6 is 11.3 Å². The fourth-order valence-electron chi connectivity index (χ4n) is 1.65. The number of benzene rings is 1. The molecular weight excluding hydrogens is 232 g/mol. The molecule has 0 amide bonds. The van der Waals surface area contributed by atoms with Gasteiger partial charge in [-0.1, -0.05) is 18.2 Å². The number of thiazole rings is 1. The molecule has 3 nitrogen and oxygen atoms in total. The van der Waals surface area contributed by atoms with Crippen molar-refractivity contribution in [3.63, 3.8) is 0 Å². The van der Waals surface area contributed by atoms with Gasteiger partial charge >= 0.3 is 0 Å². The second kappa shape index (κ2) is 4.07. The molecule has 17 heavy (non-hydrogen) atoms. The normalized spacial score (nSPS) is 10.6. The van der Waals surface area contributed by atoms with Gasteiger partial charge < -0.3 is 10.2 Å². The number of nitrogens with two attached hydrogens (primary N) is 1. The van der Waals surface area contributed by atoms with Crippen molar-refractivity contribution in [1.82, 2.24) is 4.98 Å². The Morgan fingerprint density at radius 2 is 2.06 bits per heavy atom. The second-order valence-electron chi connectivity index (χ2n) is 3.64. The third kappa shape index (κ3) is 1.83. The first-order chi connectivity index (χ1) is 8.34. The second-order valence-corrected chi connectivity index (χ2v) is 4.50. The Morgan fingerprint density at radius 3 is 2.82 bits per heavy atom. The molecule has 0 aliphatic carbocycles. The van der Waals surface area contributed by atoms with Crippen LogP contribution in [0.4, 0.5) is 5.69 Å². The number of rotatable bonds is 2. The van der Waals surface area contributed by atoms with Crippen molar-refractivity contribution >= 4 is 17.0 Å². The lowest BCUT2D eigenvalue weighted by Gasteiger charge is -2.00. The van der Waals surface area contributed by atoms with Crippen LogP contribution in [0.2, 0.25) is 0 Å². The highest BCUT2D eigenvalue weighted by Crippen LogP contribution is 2.31. The maximum absolute atomic E-state index is 5.93. The summed E-state index contributed by atoms with van der Waals surface area (Å²) in [6, 6.07) is 9.64. The van der Waals surface area contributed by atoms with E-state index < -0.39 is 0 Å². The monoisotopic (exact) mass is 242 g/mol.